The fraction of sp³-hybridized carbons (Fsp3) is 0.222. The number of hydrogen-bond donors (Lipinski definition) is 2. The molecule has 0 aliphatic carbocycles. The monoisotopic (exact) mass is 503 g/mol. The van der Waals surface area contributed by atoms with Gasteiger partial charge in [0.05, 0.1) is 17.0 Å². The Labute approximate surface area is 214 Å². The number of hydrogen-bond acceptors (Lipinski definition) is 6. The van der Waals surface area contributed by atoms with Crippen LogP contribution in [-0.2, 0) is 4.74 Å². The third-order valence-corrected chi connectivity index (χ3v) is 6.40. The number of methoxy groups -OCH3 is 1. The molecule has 1 aliphatic rings. The number of benzene rings is 3. The lowest BCUT2D eigenvalue weighted by atomic mass is 10.1. The van der Waals surface area contributed by atoms with Crippen LogP contribution in [0.25, 0.3) is 10.9 Å². The molecule has 9 heteroatoms. The standard InChI is InChI=1S/C27H26ClN5O3/c1-35-22-12-14-33(15-13-22)21-8-11-24-25(16-21)29-17-30-26(24)36-23-9-6-20(7-10-23)32-27(34)31-19-4-2-18(28)3-5-19/h2-11,16-17,22H,12-15H2,1H3,(H2,31,32,34). The van der Waals surface area contributed by atoms with Crippen LogP contribution in [0.4, 0.5) is 21.9 Å². The zero-order chi connectivity index (χ0) is 24.9. The molecule has 1 saturated heterocycles. The highest BCUT2D eigenvalue weighted by Gasteiger charge is 2.19. The van der Waals surface area contributed by atoms with Crippen molar-refractivity contribution in [2.24, 2.45) is 0 Å². The number of rotatable bonds is 6. The molecule has 2 heterocycles. The Balaban J connectivity index is 1.23. The molecular formula is C27H26ClN5O3. The van der Waals surface area contributed by atoms with Gasteiger partial charge in [0.15, 0.2) is 0 Å². The van der Waals surface area contributed by atoms with E-state index in [4.69, 9.17) is 21.1 Å². The molecule has 3 aromatic carbocycles. The lowest BCUT2D eigenvalue weighted by molar-refractivity contribution is 0.0819. The second-order valence-electron chi connectivity index (χ2n) is 8.51. The number of fused-ring (bicyclic) bond motifs is 1. The van der Waals surface area contributed by atoms with Crippen LogP contribution in [0.1, 0.15) is 12.8 Å². The number of carbonyl (C=O) groups is 1. The summed E-state index contributed by atoms with van der Waals surface area (Å²) in [6.45, 7) is 1.91. The van der Waals surface area contributed by atoms with Crippen LogP contribution in [0.2, 0.25) is 5.02 Å². The van der Waals surface area contributed by atoms with E-state index in [0.29, 0.717) is 34.1 Å². The maximum absolute atomic E-state index is 12.2. The SMILES string of the molecule is COC1CCN(c2ccc3c(Oc4ccc(NC(=O)Nc5ccc(Cl)cc5)cc4)ncnc3c2)CC1. The van der Waals surface area contributed by atoms with Gasteiger partial charge in [-0.2, -0.15) is 0 Å². The van der Waals surface area contributed by atoms with Gasteiger partial charge in [0.25, 0.3) is 0 Å². The van der Waals surface area contributed by atoms with Crippen molar-refractivity contribution in [1.29, 1.82) is 0 Å². The maximum Gasteiger partial charge on any atom is 0.323 e. The number of carbonyl (C=O) groups excluding carboxylic acids is 1. The molecule has 1 aliphatic heterocycles. The Morgan fingerprint density at radius 1 is 0.944 bits per heavy atom. The molecule has 0 radical (unpaired) electrons. The minimum atomic E-state index is -0.352. The Morgan fingerprint density at radius 2 is 1.61 bits per heavy atom. The van der Waals surface area contributed by atoms with Gasteiger partial charge >= 0.3 is 6.03 Å². The molecular weight excluding hydrogens is 478 g/mol. The summed E-state index contributed by atoms with van der Waals surface area (Å²) in [5.41, 5.74) is 3.23. The van der Waals surface area contributed by atoms with E-state index in [2.05, 4.69) is 37.6 Å². The molecule has 184 valence electrons. The van der Waals surface area contributed by atoms with Gasteiger partial charge in [-0.25, -0.2) is 14.8 Å². The van der Waals surface area contributed by atoms with Gasteiger partial charge in [0, 0.05) is 42.3 Å². The van der Waals surface area contributed by atoms with Gasteiger partial charge in [-0.1, -0.05) is 11.6 Å². The van der Waals surface area contributed by atoms with E-state index in [1.165, 1.54) is 6.33 Å². The second-order valence-corrected chi connectivity index (χ2v) is 8.95. The average molecular weight is 504 g/mol. The van der Waals surface area contributed by atoms with Crippen LogP contribution in [0.15, 0.2) is 73.1 Å². The second kappa shape index (κ2) is 10.8. The smallest absolute Gasteiger partial charge is 0.323 e. The largest absolute Gasteiger partial charge is 0.438 e. The molecule has 2 N–H and O–H groups in total. The molecule has 5 rings (SSSR count). The quantitative estimate of drug-likeness (QED) is 0.319. The summed E-state index contributed by atoms with van der Waals surface area (Å²) in [4.78, 5) is 23.4. The van der Waals surface area contributed by atoms with Crippen LogP contribution >= 0.6 is 11.6 Å². The van der Waals surface area contributed by atoms with Crippen LogP contribution in [0.5, 0.6) is 11.6 Å². The van der Waals surface area contributed by atoms with Crippen molar-refractivity contribution in [2.75, 3.05) is 35.7 Å². The summed E-state index contributed by atoms with van der Waals surface area (Å²) in [5, 5.41) is 6.99. The highest BCUT2D eigenvalue weighted by atomic mass is 35.5. The van der Waals surface area contributed by atoms with E-state index in [9.17, 15) is 4.79 Å². The first-order valence-electron chi connectivity index (χ1n) is 11.7. The van der Waals surface area contributed by atoms with Gasteiger partial charge < -0.3 is 25.0 Å². The summed E-state index contributed by atoms with van der Waals surface area (Å²) in [5.74, 6) is 1.08. The zero-order valence-electron chi connectivity index (χ0n) is 19.8. The molecule has 36 heavy (non-hydrogen) atoms. The summed E-state index contributed by atoms with van der Waals surface area (Å²) in [6.07, 6.45) is 3.87. The first-order chi connectivity index (χ1) is 17.6. The highest BCUT2D eigenvalue weighted by molar-refractivity contribution is 6.30. The number of nitrogens with zero attached hydrogens (tertiary/aromatic N) is 3. The molecule has 0 atom stereocenters. The number of amides is 2. The topological polar surface area (TPSA) is 88.6 Å². The third-order valence-electron chi connectivity index (χ3n) is 6.15. The first kappa shape index (κ1) is 23.8. The predicted octanol–water partition coefficient (Wildman–Crippen LogP) is 6.33. The van der Waals surface area contributed by atoms with Crippen molar-refractivity contribution in [1.82, 2.24) is 9.97 Å². The van der Waals surface area contributed by atoms with E-state index in [1.807, 2.05) is 6.07 Å². The molecule has 1 fully saturated rings. The van der Waals surface area contributed by atoms with Gasteiger partial charge in [-0.05, 0) is 79.6 Å². The van der Waals surface area contributed by atoms with E-state index in [1.54, 1.807) is 55.6 Å². The Kier molecular flexibility index (Phi) is 7.16. The normalized spacial score (nSPS) is 14.0. The molecule has 0 saturated carbocycles. The Bertz CT molecular complexity index is 1340. The summed E-state index contributed by atoms with van der Waals surface area (Å²) >= 11 is 5.88. The highest BCUT2D eigenvalue weighted by Crippen LogP contribution is 2.31. The van der Waals surface area contributed by atoms with Crippen molar-refractivity contribution in [3.05, 3.63) is 78.1 Å². The summed E-state index contributed by atoms with van der Waals surface area (Å²) in [7, 11) is 1.78. The van der Waals surface area contributed by atoms with Gasteiger partial charge in [0.2, 0.25) is 5.88 Å². The minimum Gasteiger partial charge on any atom is -0.438 e. The van der Waals surface area contributed by atoms with Crippen LogP contribution < -0.4 is 20.3 Å². The van der Waals surface area contributed by atoms with Crippen LogP contribution in [-0.4, -0.2) is 42.3 Å². The molecule has 8 nitrogen and oxygen atoms in total. The third kappa shape index (κ3) is 5.67. The van der Waals surface area contributed by atoms with Crippen molar-refractivity contribution >= 4 is 45.6 Å². The number of halogens is 1. The molecule has 0 unspecified atom stereocenters. The number of urea groups is 1. The van der Waals surface area contributed by atoms with E-state index < -0.39 is 0 Å². The number of anilines is 3. The molecule has 0 spiro atoms. The summed E-state index contributed by atoms with van der Waals surface area (Å²) in [6, 6.07) is 19.8. The van der Waals surface area contributed by atoms with Gasteiger partial charge in [0.1, 0.15) is 12.1 Å². The van der Waals surface area contributed by atoms with Gasteiger partial charge in [-0.3, -0.25) is 0 Å². The Morgan fingerprint density at radius 3 is 2.28 bits per heavy atom. The first-order valence-corrected chi connectivity index (χ1v) is 12.1. The van der Waals surface area contributed by atoms with Crippen molar-refractivity contribution in [3.63, 3.8) is 0 Å². The van der Waals surface area contributed by atoms with Crippen LogP contribution in [0, 0.1) is 0 Å². The number of ether oxygens (including phenoxy) is 2. The van der Waals surface area contributed by atoms with Crippen molar-refractivity contribution in [2.45, 2.75) is 18.9 Å². The number of piperidine rings is 1. The number of nitrogens with one attached hydrogen (secondary N) is 2. The van der Waals surface area contributed by atoms with E-state index in [-0.39, 0.29) is 6.03 Å². The van der Waals surface area contributed by atoms with E-state index in [0.717, 1.165) is 42.5 Å². The lowest BCUT2D eigenvalue weighted by Crippen LogP contribution is -2.36. The fourth-order valence-electron chi connectivity index (χ4n) is 4.19. The number of aromatic nitrogens is 2. The fourth-order valence-corrected chi connectivity index (χ4v) is 4.32. The predicted molar refractivity (Wildman–Crippen MR) is 142 cm³/mol. The van der Waals surface area contributed by atoms with Gasteiger partial charge in [-0.15, -0.1) is 0 Å². The van der Waals surface area contributed by atoms with Crippen molar-refractivity contribution < 1.29 is 14.3 Å². The van der Waals surface area contributed by atoms with Crippen LogP contribution in [0.3, 0.4) is 0 Å². The molecule has 0 bridgehead atoms. The molecule has 2 amide bonds. The molecule has 4 aromatic rings. The van der Waals surface area contributed by atoms with E-state index >= 15 is 0 Å². The molecule has 1 aromatic heterocycles. The lowest BCUT2D eigenvalue weighted by Gasteiger charge is -2.33. The minimum absolute atomic E-state index is 0.337. The van der Waals surface area contributed by atoms with Crippen molar-refractivity contribution in [3.8, 4) is 11.6 Å². The average Bonchev–Trinajstić information content (AvgIpc) is 2.91. The summed E-state index contributed by atoms with van der Waals surface area (Å²) < 4.78 is 11.5. The maximum atomic E-state index is 12.2. The zero-order valence-corrected chi connectivity index (χ0v) is 20.5. The Hall–Kier alpha value is -3.88.